The van der Waals surface area contributed by atoms with Gasteiger partial charge in [0.05, 0.1) is 17.5 Å². The number of hydrogen-bond donors (Lipinski definition) is 3. The third kappa shape index (κ3) is 4.91. The monoisotopic (exact) mass is 436 g/mol. The van der Waals surface area contributed by atoms with Crippen molar-refractivity contribution in [2.24, 2.45) is 11.8 Å². The lowest BCUT2D eigenvalue weighted by Crippen LogP contribution is -2.39. The summed E-state index contributed by atoms with van der Waals surface area (Å²) in [5.41, 5.74) is 5.23. The molecule has 0 spiro atoms. The molecule has 1 fully saturated rings. The van der Waals surface area contributed by atoms with Crippen LogP contribution in [-0.4, -0.2) is 34.4 Å². The maximum Gasteiger partial charge on any atom is 0.249 e. The predicted molar refractivity (Wildman–Crippen MR) is 119 cm³/mol. The summed E-state index contributed by atoms with van der Waals surface area (Å²) >= 11 is 0. The number of amides is 1. The van der Waals surface area contributed by atoms with Crippen molar-refractivity contribution in [3.8, 4) is 5.75 Å². The Hall–Kier alpha value is -3.00. The number of fused-ring (bicyclic) bond motifs is 1. The number of hydrogen-bond acceptors (Lipinski definition) is 6. The van der Waals surface area contributed by atoms with E-state index in [-0.39, 0.29) is 5.92 Å². The Kier molecular flexibility index (Phi) is 6.99. The first kappa shape index (κ1) is 22.2. The van der Waals surface area contributed by atoms with E-state index in [1.54, 1.807) is 29.7 Å². The van der Waals surface area contributed by atoms with Gasteiger partial charge in [0.2, 0.25) is 5.91 Å². The molecule has 4 rings (SSSR count). The molecule has 3 aromatic rings. The number of nitrogens with zero attached hydrogens (tertiary/aromatic N) is 1. The molecule has 0 saturated carbocycles. The second-order valence-electron chi connectivity index (χ2n) is 8.19. The Morgan fingerprint density at radius 3 is 2.62 bits per heavy atom. The maximum absolute atomic E-state index is 12.3. The smallest absolute Gasteiger partial charge is 0.249 e. The lowest BCUT2D eigenvalue weighted by molar-refractivity contribution is -0.142. The topological polar surface area (TPSA) is 101 Å². The van der Waals surface area contributed by atoms with Gasteiger partial charge in [-0.15, -0.1) is 0 Å². The molecule has 32 heavy (non-hydrogen) atoms. The number of nitrogens with one attached hydrogen (secondary N) is 1. The summed E-state index contributed by atoms with van der Waals surface area (Å²) in [5.74, 6) is -0.731. The van der Waals surface area contributed by atoms with Crippen LogP contribution in [0.3, 0.4) is 0 Å². The van der Waals surface area contributed by atoms with E-state index in [1.807, 2.05) is 37.3 Å². The van der Waals surface area contributed by atoms with Crippen LogP contribution < -0.4 is 10.2 Å². The number of para-hydroxylation sites is 1. The lowest BCUT2D eigenvalue weighted by atomic mass is 9.79. The molecule has 2 unspecified atom stereocenters. The SMILES string of the molecule is Cc1cc(COc2ccc(C(O)C(C(=O)NO)C3CCOCC3)cc2)c2ccccc2n1. The van der Waals surface area contributed by atoms with Crippen molar-refractivity contribution in [2.75, 3.05) is 13.2 Å². The molecule has 2 heterocycles. The van der Waals surface area contributed by atoms with E-state index in [0.29, 0.717) is 44.0 Å². The van der Waals surface area contributed by atoms with Crippen LogP contribution in [0.4, 0.5) is 0 Å². The third-order valence-corrected chi connectivity index (χ3v) is 6.07. The fourth-order valence-corrected chi connectivity index (χ4v) is 4.41. The molecule has 0 aliphatic carbocycles. The summed E-state index contributed by atoms with van der Waals surface area (Å²) < 4.78 is 11.4. The number of aromatic nitrogens is 1. The van der Waals surface area contributed by atoms with Crippen molar-refractivity contribution in [2.45, 2.75) is 32.5 Å². The fourth-order valence-electron chi connectivity index (χ4n) is 4.41. The number of carbonyl (C=O) groups is 1. The van der Waals surface area contributed by atoms with E-state index in [2.05, 4.69) is 4.98 Å². The normalized spacial score (nSPS) is 16.5. The number of hydroxylamine groups is 1. The Balaban J connectivity index is 1.47. The molecule has 1 aliphatic rings. The highest BCUT2D eigenvalue weighted by atomic mass is 16.5. The van der Waals surface area contributed by atoms with E-state index >= 15 is 0 Å². The minimum absolute atomic E-state index is 0.0648. The molecule has 1 aromatic heterocycles. The van der Waals surface area contributed by atoms with Crippen LogP contribution in [-0.2, 0) is 16.1 Å². The first-order chi connectivity index (χ1) is 15.6. The first-order valence-electron chi connectivity index (χ1n) is 10.8. The Bertz CT molecular complexity index is 1060. The maximum atomic E-state index is 12.3. The van der Waals surface area contributed by atoms with Crippen LogP contribution in [0.15, 0.2) is 54.6 Å². The molecule has 2 aromatic carbocycles. The summed E-state index contributed by atoms with van der Waals surface area (Å²) in [6, 6.07) is 17.1. The van der Waals surface area contributed by atoms with Gasteiger partial charge in [-0.3, -0.25) is 15.0 Å². The van der Waals surface area contributed by atoms with Crippen molar-refractivity contribution < 1.29 is 24.6 Å². The molecule has 0 bridgehead atoms. The first-order valence-corrected chi connectivity index (χ1v) is 10.8. The number of aryl methyl sites for hydroxylation is 1. The van der Waals surface area contributed by atoms with Gasteiger partial charge in [0, 0.05) is 29.9 Å². The molecule has 0 radical (unpaired) electrons. The number of rotatable bonds is 7. The minimum atomic E-state index is -1.04. The highest BCUT2D eigenvalue weighted by molar-refractivity contribution is 5.82. The zero-order valence-electron chi connectivity index (χ0n) is 18.0. The Morgan fingerprint density at radius 2 is 1.91 bits per heavy atom. The van der Waals surface area contributed by atoms with Crippen LogP contribution in [0.2, 0.25) is 0 Å². The average Bonchev–Trinajstić information content (AvgIpc) is 2.83. The van der Waals surface area contributed by atoms with E-state index in [9.17, 15) is 15.1 Å². The lowest BCUT2D eigenvalue weighted by Gasteiger charge is -2.32. The van der Waals surface area contributed by atoms with Gasteiger partial charge in [0.15, 0.2) is 0 Å². The van der Waals surface area contributed by atoms with Crippen molar-refractivity contribution >= 4 is 16.8 Å². The number of aliphatic hydroxyl groups is 1. The summed E-state index contributed by atoms with van der Waals surface area (Å²) in [7, 11) is 0. The molecule has 3 N–H and O–H groups in total. The standard InChI is InChI=1S/C25H28N2O5/c1-16-14-19(21-4-2-3-5-22(21)26-16)15-32-20-8-6-18(7-9-20)24(28)23(25(29)27-30)17-10-12-31-13-11-17/h2-9,14,17,23-24,28,30H,10-13,15H2,1H3,(H,27,29). The summed E-state index contributed by atoms with van der Waals surface area (Å²) in [6.07, 6.45) is 0.289. The molecule has 7 nitrogen and oxygen atoms in total. The van der Waals surface area contributed by atoms with Crippen LogP contribution >= 0.6 is 0 Å². The molecule has 1 saturated heterocycles. The van der Waals surface area contributed by atoms with Crippen LogP contribution in [0.25, 0.3) is 10.9 Å². The molecule has 7 heteroatoms. The molecule has 2 atom stereocenters. The average molecular weight is 437 g/mol. The fraction of sp³-hybridized carbons (Fsp3) is 0.360. The van der Waals surface area contributed by atoms with Gasteiger partial charge in [0.25, 0.3) is 0 Å². The number of benzene rings is 2. The Morgan fingerprint density at radius 1 is 1.19 bits per heavy atom. The third-order valence-electron chi connectivity index (χ3n) is 6.07. The second-order valence-corrected chi connectivity index (χ2v) is 8.19. The number of aliphatic hydroxyl groups excluding tert-OH is 1. The van der Waals surface area contributed by atoms with Gasteiger partial charge < -0.3 is 14.6 Å². The molecule has 1 aliphatic heterocycles. The molecular formula is C25H28N2O5. The van der Waals surface area contributed by atoms with E-state index in [1.165, 1.54) is 0 Å². The van der Waals surface area contributed by atoms with Crippen molar-refractivity contribution in [1.82, 2.24) is 10.5 Å². The minimum Gasteiger partial charge on any atom is -0.489 e. The zero-order chi connectivity index (χ0) is 22.5. The van der Waals surface area contributed by atoms with E-state index < -0.39 is 17.9 Å². The largest absolute Gasteiger partial charge is 0.489 e. The van der Waals surface area contributed by atoms with Crippen LogP contribution in [0, 0.1) is 18.8 Å². The van der Waals surface area contributed by atoms with Crippen molar-refractivity contribution in [3.63, 3.8) is 0 Å². The van der Waals surface area contributed by atoms with Gasteiger partial charge in [-0.2, -0.15) is 0 Å². The van der Waals surface area contributed by atoms with E-state index in [4.69, 9.17) is 9.47 Å². The number of carbonyl (C=O) groups excluding carboxylic acids is 1. The second kappa shape index (κ2) is 10.1. The van der Waals surface area contributed by atoms with Gasteiger partial charge in [0.1, 0.15) is 12.4 Å². The quantitative estimate of drug-likeness (QED) is 0.386. The van der Waals surface area contributed by atoms with Gasteiger partial charge in [-0.05, 0) is 55.5 Å². The molecule has 168 valence electrons. The molecule has 1 amide bonds. The highest BCUT2D eigenvalue weighted by Crippen LogP contribution is 2.34. The van der Waals surface area contributed by atoms with E-state index in [0.717, 1.165) is 22.2 Å². The highest BCUT2D eigenvalue weighted by Gasteiger charge is 2.36. The summed E-state index contributed by atoms with van der Waals surface area (Å²) in [6.45, 7) is 3.44. The zero-order valence-corrected chi connectivity index (χ0v) is 18.0. The number of ether oxygens (including phenoxy) is 2. The summed E-state index contributed by atoms with van der Waals surface area (Å²) in [5, 5.41) is 21.2. The van der Waals surface area contributed by atoms with Crippen molar-refractivity contribution in [3.05, 3.63) is 71.4 Å². The number of pyridine rings is 1. The van der Waals surface area contributed by atoms with Gasteiger partial charge in [-0.25, -0.2) is 5.48 Å². The van der Waals surface area contributed by atoms with Crippen LogP contribution in [0.1, 0.15) is 35.8 Å². The Labute approximate surface area is 187 Å². The van der Waals surface area contributed by atoms with Crippen molar-refractivity contribution in [1.29, 1.82) is 0 Å². The van der Waals surface area contributed by atoms with Gasteiger partial charge >= 0.3 is 0 Å². The summed E-state index contributed by atoms with van der Waals surface area (Å²) in [4.78, 5) is 16.9. The van der Waals surface area contributed by atoms with Crippen LogP contribution in [0.5, 0.6) is 5.75 Å². The van der Waals surface area contributed by atoms with Gasteiger partial charge in [-0.1, -0.05) is 30.3 Å². The molecular weight excluding hydrogens is 408 g/mol. The predicted octanol–water partition coefficient (Wildman–Crippen LogP) is 3.70.